The Morgan fingerprint density at radius 1 is 1.21 bits per heavy atom. The van der Waals surface area contributed by atoms with E-state index in [0.717, 1.165) is 32.6 Å². The minimum atomic E-state index is -0.0516. The third kappa shape index (κ3) is 3.16. The van der Waals surface area contributed by atoms with Crippen molar-refractivity contribution < 1.29 is 9.53 Å². The molecule has 0 saturated carbocycles. The van der Waals surface area contributed by atoms with E-state index in [1.807, 2.05) is 11.0 Å². The smallest absolute Gasteiger partial charge is 0.322 e. The molecule has 2 saturated heterocycles. The number of ether oxygens (including phenoxy) is 1. The molecule has 2 aromatic rings. The SMILES string of the molecule is O=C(Nc1ccc(Oc2cccnc2)nc1)N1CCN2CCC1C2. The van der Waals surface area contributed by atoms with Gasteiger partial charge >= 0.3 is 6.03 Å². The number of amides is 2. The molecule has 2 aromatic heterocycles. The van der Waals surface area contributed by atoms with E-state index in [0.29, 0.717) is 23.4 Å². The van der Waals surface area contributed by atoms with Crippen molar-refractivity contribution in [1.29, 1.82) is 0 Å². The number of aromatic nitrogens is 2. The Hall–Kier alpha value is -2.67. The van der Waals surface area contributed by atoms with E-state index in [4.69, 9.17) is 4.74 Å². The Morgan fingerprint density at radius 2 is 2.17 bits per heavy atom. The van der Waals surface area contributed by atoms with Crippen molar-refractivity contribution in [2.45, 2.75) is 12.5 Å². The quantitative estimate of drug-likeness (QED) is 0.937. The average molecular weight is 325 g/mol. The van der Waals surface area contributed by atoms with Gasteiger partial charge in [0.1, 0.15) is 5.75 Å². The number of rotatable bonds is 3. The maximum atomic E-state index is 12.5. The van der Waals surface area contributed by atoms with Crippen molar-refractivity contribution in [3.05, 3.63) is 42.9 Å². The lowest BCUT2D eigenvalue weighted by Gasteiger charge is -2.34. The molecule has 2 aliphatic rings. The van der Waals surface area contributed by atoms with Crippen LogP contribution in [-0.4, -0.2) is 58.0 Å². The minimum Gasteiger partial charge on any atom is -0.437 e. The number of carbonyl (C=O) groups excluding carboxylic acids is 1. The number of anilines is 1. The van der Waals surface area contributed by atoms with Crippen molar-refractivity contribution in [1.82, 2.24) is 19.8 Å². The Kier molecular flexibility index (Phi) is 4.00. The standard InChI is InChI=1S/C17H19N5O2/c23-17(22-9-8-21-7-5-14(22)12-21)20-13-3-4-16(19-10-13)24-15-2-1-6-18-11-15/h1-4,6,10-11,14H,5,7-9,12H2,(H,20,23). The average Bonchev–Trinajstić information content (AvgIpc) is 2.98. The molecule has 0 radical (unpaired) electrons. The fraction of sp³-hybridized carbons (Fsp3) is 0.353. The number of urea groups is 1. The fourth-order valence-corrected chi connectivity index (χ4v) is 3.21. The van der Waals surface area contributed by atoms with Crippen LogP contribution in [0.2, 0.25) is 0 Å². The molecule has 4 heterocycles. The highest BCUT2D eigenvalue weighted by Gasteiger charge is 2.35. The normalized spacial score (nSPS) is 22.2. The van der Waals surface area contributed by atoms with Crippen LogP contribution in [-0.2, 0) is 0 Å². The van der Waals surface area contributed by atoms with Crippen molar-refractivity contribution in [2.24, 2.45) is 0 Å². The zero-order chi connectivity index (χ0) is 16.4. The van der Waals surface area contributed by atoms with Crippen molar-refractivity contribution in [3.63, 3.8) is 0 Å². The second-order valence-corrected chi connectivity index (χ2v) is 6.04. The van der Waals surface area contributed by atoms with E-state index in [1.165, 1.54) is 0 Å². The van der Waals surface area contributed by atoms with Crippen LogP contribution in [0.25, 0.3) is 0 Å². The number of pyridine rings is 2. The van der Waals surface area contributed by atoms with Crippen molar-refractivity contribution in [2.75, 3.05) is 31.5 Å². The maximum absolute atomic E-state index is 12.5. The van der Waals surface area contributed by atoms with Crippen LogP contribution in [0, 0.1) is 0 Å². The highest BCUT2D eigenvalue weighted by molar-refractivity contribution is 5.89. The van der Waals surface area contributed by atoms with E-state index in [9.17, 15) is 4.79 Å². The zero-order valence-electron chi connectivity index (χ0n) is 13.3. The molecule has 7 nitrogen and oxygen atoms in total. The lowest BCUT2D eigenvalue weighted by Crippen LogP contribution is -2.51. The van der Waals surface area contributed by atoms with Gasteiger partial charge < -0.3 is 15.0 Å². The molecule has 0 aliphatic carbocycles. The Bertz CT molecular complexity index is 707. The molecule has 2 atom stereocenters. The van der Waals surface area contributed by atoms with Gasteiger partial charge in [0.25, 0.3) is 0 Å². The van der Waals surface area contributed by atoms with Gasteiger partial charge in [-0.05, 0) is 24.6 Å². The van der Waals surface area contributed by atoms with Gasteiger partial charge in [-0.15, -0.1) is 0 Å². The van der Waals surface area contributed by atoms with Crippen LogP contribution in [0.3, 0.4) is 0 Å². The summed E-state index contributed by atoms with van der Waals surface area (Å²) in [5, 5.41) is 2.92. The largest absolute Gasteiger partial charge is 0.437 e. The fourth-order valence-electron chi connectivity index (χ4n) is 3.21. The first-order valence-electron chi connectivity index (χ1n) is 8.12. The molecule has 0 spiro atoms. The molecule has 7 heteroatoms. The molecule has 24 heavy (non-hydrogen) atoms. The van der Waals surface area contributed by atoms with Gasteiger partial charge in [0.05, 0.1) is 18.1 Å². The van der Waals surface area contributed by atoms with E-state index < -0.39 is 0 Å². The number of carbonyl (C=O) groups is 1. The number of hydrogen-bond donors (Lipinski definition) is 1. The molecule has 4 rings (SSSR count). The van der Waals surface area contributed by atoms with Crippen LogP contribution in [0.5, 0.6) is 11.6 Å². The summed E-state index contributed by atoms with van der Waals surface area (Å²) in [6.45, 7) is 3.83. The Balaban J connectivity index is 1.37. The van der Waals surface area contributed by atoms with Gasteiger partial charge in [0.15, 0.2) is 0 Å². The second kappa shape index (κ2) is 6.45. The predicted octanol–water partition coefficient (Wildman–Crippen LogP) is 2.19. The third-order valence-corrected chi connectivity index (χ3v) is 4.45. The summed E-state index contributed by atoms with van der Waals surface area (Å²) < 4.78 is 5.59. The van der Waals surface area contributed by atoms with E-state index in [1.54, 1.807) is 36.8 Å². The molecule has 2 aliphatic heterocycles. The first-order valence-corrected chi connectivity index (χ1v) is 8.12. The lowest BCUT2D eigenvalue weighted by atomic mass is 10.2. The summed E-state index contributed by atoms with van der Waals surface area (Å²) in [4.78, 5) is 25.0. The molecular formula is C17H19N5O2. The van der Waals surface area contributed by atoms with Crippen LogP contribution in [0.4, 0.5) is 10.5 Å². The molecule has 0 aromatic carbocycles. The number of nitrogens with one attached hydrogen (secondary N) is 1. The number of hydrogen-bond acceptors (Lipinski definition) is 5. The Labute approximate surface area is 140 Å². The van der Waals surface area contributed by atoms with Gasteiger partial charge in [-0.3, -0.25) is 9.88 Å². The molecule has 1 N–H and O–H groups in total. The molecular weight excluding hydrogens is 306 g/mol. The summed E-state index contributed by atoms with van der Waals surface area (Å²) in [6.07, 6.45) is 5.97. The molecule has 2 unspecified atom stereocenters. The number of piperazine rings is 1. The predicted molar refractivity (Wildman–Crippen MR) is 89.1 cm³/mol. The van der Waals surface area contributed by atoms with Gasteiger partial charge in [0, 0.05) is 44.5 Å². The number of fused-ring (bicyclic) bond motifs is 2. The zero-order valence-corrected chi connectivity index (χ0v) is 13.3. The Morgan fingerprint density at radius 3 is 2.96 bits per heavy atom. The monoisotopic (exact) mass is 325 g/mol. The highest BCUT2D eigenvalue weighted by Crippen LogP contribution is 2.22. The van der Waals surface area contributed by atoms with Gasteiger partial charge in [0.2, 0.25) is 5.88 Å². The summed E-state index contributed by atoms with van der Waals surface area (Å²) in [5.41, 5.74) is 0.666. The van der Waals surface area contributed by atoms with Crippen molar-refractivity contribution in [3.8, 4) is 11.6 Å². The minimum absolute atomic E-state index is 0.0516. The van der Waals surface area contributed by atoms with Gasteiger partial charge in [-0.2, -0.15) is 0 Å². The molecule has 124 valence electrons. The summed E-state index contributed by atoms with van der Waals surface area (Å²) in [5.74, 6) is 1.09. The van der Waals surface area contributed by atoms with Crippen LogP contribution >= 0.6 is 0 Å². The summed E-state index contributed by atoms with van der Waals surface area (Å²) in [6, 6.07) is 7.42. The third-order valence-electron chi connectivity index (χ3n) is 4.45. The van der Waals surface area contributed by atoms with Gasteiger partial charge in [-0.25, -0.2) is 9.78 Å². The maximum Gasteiger partial charge on any atom is 0.322 e. The first-order chi connectivity index (χ1) is 11.8. The summed E-state index contributed by atoms with van der Waals surface area (Å²) >= 11 is 0. The van der Waals surface area contributed by atoms with E-state index >= 15 is 0 Å². The van der Waals surface area contributed by atoms with E-state index in [2.05, 4.69) is 20.2 Å². The molecule has 2 amide bonds. The topological polar surface area (TPSA) is 70.6 Å². The van der Waals surface area contributed by atoms with Crippen LogP contribution in [0.1, 0.15) is 6.42 Å². The second-order valence-electron chi connectivity index (χ2n) is 6.04. The lowest BCUT2D eigenvalue weighted by molar-refractivity contribution is 0.153. The first kappa shape index (κ1) is 14.9. The molecule has 2 fully saturated rings. The highest BCUT2D eigenvalue weighted by atomic mass is 16.5. The van der Waals surface area contributed by atoms with Gasteiger partial charge in [-0.1, -0.05) is 0 Å². The van der Waals surface area contributed by atoms with Crippen LogP contribution < -0.4 is 10.1 Å². The van der Waals surface area contributed by atoms with Crippen LogP contribution in [0.15, 0.2) is 42.9 Å². The van der Waals surface area contributed by atoms with Crippen molar-refractivity contribution >= 4 is 11.7 Å². The number of nitrogens with zero attached hydrogens (tertiary/aromatic N) is 4. The molecule has 2 bridgehead atoms. The summed E-state index contributed by atoms with van der Waals surface area (Å²) in [7, 11) is 0. The van der Waals surface area contributed by atoms with E-state index in [-0.39, 0.29) is 6.03 Å².